The van der Waals surface area contributed by atoms with Crippen molar-refractivity contribution in [2.24, 2.45) is 5.73 Å². The molecular formula is C12H25N3O. The molecule has 0 radical (unpaired) electrons. The van der Waals surface area contributed by atoms with E-state index in [1.54, 1.807) is 0 Å². The van der Waals surface area contributed by atoms with Gasteiger partial charge in [0.2, 0.25) is 5.91 Å². The van der Waals surface area contributed by atoms with E-state index < -0.39 is 5.54 Å². The number of rotatable bonds is 6. The van der Waals surface area contributed by atoms with Crippen LogP contribution < -0.4 is 5.73 Å². The van der Waals surface area contributed by atoms with E-state index in [4.69, 9.17) is 5.73 Å². The Labute approximate surface area is 98.8 Å². The van der Waals surface area contributed by atoms with Crippen molar-refractivity contribution in [2.45, 2.75) is 45.2 Å². The number of carbonyl (C=O) groups is 1. The van der Waals surface area contributed by atoms with Crippen molar-refractivity contribution < 1.29 is 4.79 Å². The maximum Gasteiger partial charge on any atom is 0.237 e. The van der Waals surface area contributed by atoms with Crippen molar-refractivity contribution in [3.05, 3.63) is 0 Å². The number of nitrogens with zero attached hydrogens (tertiary/aromatic N) is 2. The molecule has 0 spiro atoms. The summed E-state index contributed by atoms with van der Waals surface area (Å²) in [5.41, 5.74) is 4.87. The van der Waals surface area contributed by atoms with E-state index >= 15 is 0 Å². The molecule has 0 aromatic carbocycles. The highest BCUT2D eigenvalue weighted by Crippen LogP contribution is 2.22. The minimum absolute atomic E-state index is 0.248. The van der Waals surface area contributed by atoms with Crippen LogP contribution in [0.1, 0.15) is 33.6 Å². The lowest BCUT2D eigenvalue weighted by molar-refractivity contribution is -0.131. The van der Waals surface area contributed by atoms with Gasteiger partial charge >= 0.3 is 0 Å². The molecule has 0 unspecified atom stereocenters. The first-order valence-corrected chi connectivity index (χ1v) is 6.14. The zero-order valence-electron chi connectivity index (χ0n) is 11.0. The van der Waals surface area contributed by atoms with Crippen molar-refractivity contribution in [3.8, 4) is 0 Å². The average molecular weight is 227 g/mol. The van der Waals surface area contributed by atoms with Crippen LogP contribution in [0.15, 0.2) is 0 Å². The lowest BCUT2D eigenvalue weighted by Crippen LogP contribution is -2.65. The fourth-order valence-electron chi connectivity index (χ4n) is 1.98. The largest absolute Gasteiger partial charge is 0.368 e. The Kier molecular flexibility index (Phi) is 4.33. The summed E-state index contributed by atoms with van der Waals surface area (Å²) in [6.45, 7) is 9.30. The standard InChI is InChI=1S/C12H25N3O/c1-5-6-7-15-8-10(9-15)14(4)12(2,3)11(13)16/h10H,5-9H2,1-4H3,(H2,13,16). The summed E-state index contributed by atoms with van der Waals surface area (Å²) in [6, 6.07) is 0.472. The zero-order valence-corrected chi connectivity index (χ0v) is 11.0. The Morgan fingerprint density at radius 3 is 2.50 bits per heavy atom. The third-order valence-electron chi connectivity index (χ3n) is 3.80. The lowest BCUT2D eigenvalue weighted by atomic mass is 9.96. The van der Waals surface area contributed by atoms with Gasteiger partial charge in [-0.1, -0.05) is 13.3 Å². The summed E-state index contributed by atoms with van der Waals surface area (Å²) < 4.78 is 0. The molecule has 0 bridgehead atoms. The van der Waals surface area contributed by atoms with Gasteiger partial charge < -0.3 is 10.6 Å². The van der Waals surface area contributed by atoms with Crippen molar-refractivity contribution in [3.63, 3.8) is 0 Å². The van der Waals surface area contributed by atoms with E-state index in [0.717, 1.165) is 13.1 Å². The molecule has 0 aliphatic carbocycles. The van der Waals surface area contributed by atoms with Crippen molar-refractivity contribution in [1.82, 2.24) is 9.80 Å². The monoisotopic (exact) mass is 227 g/mol. The van der Waals surface area contributed by atoms with Gasteiger partial charge in [0.15, 0.2) is 0 Å². The molecule has 16 heavy (non-hydrogen) atoms. The minimum atomic E-state index is -0.540. The fourth-order valence-corrected chi connectivity index (χ4v) is 1.98. The highest BCUT2D eigenvalue weighted by atomic mass is 16.1. The van der Waals surface area contributed by atoms with Crippen LogP contribution in [0.4, 0.5) is 0 Å². The van der Waals surface area contributed by atoms with Gasteiger partial charge in [0.25, 0.3) is 0 Å². The molecule has 1 fully saturated rings. The highest BCUT2D eigenvalue weighted by Gasteiger charge is 2.39. The Morgan fingerprint density at radius 2 is 2.06 bits per heavy atom. The van der Waals surface area contributed by atoms with Crippen LogP contribution in [0.25, 0.3) is 0 Å². The normalized spacial score (nSPS) is 18.8. The van der Waals surface area contributed by atoms with E-state index in [2.05, 4.69) is 16.7 Å². The summed E-state index contributed by atoms with van der Waals surface area (Å²) in [5.74, 6) is -0.248. The first kappa shape index (κ1) is 13.5. The van der Waals surface area contributed by atoms with Crippen molar-refractivity contribution in [1.29, 1.82) is 0 Å². The van der Waals surface area contributed by atoms with Crippen LogP contribution in [0.3, 0.4) is 0 Å². The Morgan fingerprint density at radius 1 is 1.50 bits per heavy atom. The van der Waals surface area contributed by atoms with Crippen LogP contribution in [-0.2, 0) is 4.79 Å². The molecule has 1 saturated heterocycles. The van der Waals surface area contributed by atoms with Crippen LogP contribution in [0.5, 0.6) is 0 Å². The van der Waals surface area contributed by atoms with Crippen LogP contribution in [-0.4, -0.2) is 54.0 Å². The third kappa shape index (κ3) is 2.74. The van der Waals surface area contributed by atoms with E-state index in [1.165, 1.54) is 19.4 Å². The van der Waals surface area contributed by atoms with Crippen molar-refractivity contribution >= 4 is 5.91 Å². The van der Waals surface area contributed by atoms with Crippen LogP contribution >= 0.6 is 0 Å². The summed E-state index contributed by atoms with van der Waals surface area (Å²) in [4.78, 5) is 15.9. The first-order chi connectivity index (χ1) is 7.39. The van der Waals surface area contributed by atoms with Crippen LogP contribution in [0, 0.1) is 0 Å². The molecule has 0 aromatic heterocycles. The summed E-state index contributed by atoms with van der Waals surface area (Å²) in [5, 5.41) is 0. The smallest absolute Gasteiger partial charge is 0.237 e. The topological polar surface area (TPSA) is 49.6 Å². The molecule has 1 amide bonds. The summed E-state index contributed by atoms with van der Waals surface area (Å²) in [6.07, 6.45) is 2.50. The Bertz CT molecular complexity index is 247. The fraction of sp³-hybridized carbons (Fsp3) is 0.917. The number of primary amides is 1. The number of nitrogens with two attached hydrogens (primary N) is 1. The van der Waals surface area contributed by atoms with Gasteiger partial charge in [-0.3, -0.25) is 9.69 Å². The SMILES string of the molecule is CCCCN1CC(N(C)C(C)(C)C(N)=O)C1. The van der Waals surface area contributed by atoms with Gasteiger partial charge in [0.1, 0.15) is 0 Å². The average Bonchev–Trinajstić information content (AvgIpc) is 2.14. The molecule has 4 nitrogen and oxygen atoms in total. The molecule has 4 heteroatoms. The number of amides is 1. The summed E-state index contributed by atoms with van der Waals surface area (Å²) >= 11 is 0. The van der Waals surface area contributed by atoms with E-state index in [1.807, 2.05) is 20.9 Å². The maximum atomic E-state index is 11.3. The first-order valence-electron chi connectivity index (χ1n) is 6.14. The van der Waals surface area contributed by atoms with Gasteiger partial charge in [-0.25, -0.2) is 0 Å². The number of likely N-dealkylation sites (tertiary alicyclic amines) is 1. The van der Waals surface area contributed by atoms with E-state index in [0.29, 0.717) is 6.04 Å². The predicted octanol–water partition coefficient (Wildman–Crippen LogP) is 0.666. The molecule has 1 heterocycles. The van der Waals surface area contributed by atoms with E-state index in [-0.39, 0.29) is 5.91 Å². The molecule has 1 aliphatic heterocycles. The number of carbonyl (C=O) groups excluding carboxylic acids is 1. The second kappa shape index (κ2) is 5.15. The minimum Gasteiger partial charge on any atom is -0.368 e. The number of hydrogen-bond donors (Lipinski definition) is 1. The second-order valence-corrected chi connectivity index (χ2v) is 5.30. The van der Waals surface area contributed by atoms with Gasteiger partial charge in [0, 0.05) is 19.1 Å². The molecule has 2 N–H and O–H groups in total. The number of unbranched alkanes of at least 4 members (excludes halogenated alkanes) is 1. The Hall–Kier alpha value is -0.610. The predicted molar refractivity (Wildman–Crippen MR) is 66.2 cm³/mol. The third-order valence-corrected chi connectivity index (χ3v) is 3.80. The van der Waals surface area contributed by atoms with E-state index in [9.17, 15) is 4.79 Å². The Balaban J connectivity index is 2.37. The molecule has 94 valence electrons. The molecule has 0 aromatic rings. The zero-order chi connectivity index (χ0) is 12.3. The quantitative estimate of drug-likeness (QED) is 0.725. The van der Waals surface area contributed by atoms with Crippen molar-refractivity contribution in [2.75, 3.05) is 26.7 Å². The molecule has 0 saturated carbocycles. The van der Waals surface area contributed by atoms with Crippen LogP contribution in [0.2, 0.25) is 0 Å². The number of hydrogen-bond acceptors (Lipinski definition) is 3. The maximum absolute atomic E-state index is 11.3. The van der Waals surface area contributed by atoms with Gasteiger partial charge in [0.05, 0.1) is 5.54 Å². The highest BCUT2D eigenvalue weighted by molar-refractivity contribution is 5.83. The second-order valence-electron chi connectivity index (χ2n) is 5.30. The molecule has 1 aliphatic rings. The summed E-state index contributed by atoms with van der Waals surface area (Å²) in [7, 11) is 1.99. The van der Waals surface area contributed by atoms with Gasteiger partial charge in [-0.15, -0.1) is 0 Å². The lowest BCUT2D eigenvalue weighted by Gasteiger charge is -2.48. The number of likely N-dealkylation sites (N-methyl/N-ethyl adjacent to an activating group) is 1. The van der Waals surface area contributed by atoms with Gasteiger partial charge in [-0.05, 0) is 33.9 Å². The van der Waals surface area contributed by atoms with Gasteiger partial charge in [-0.2, -0.15) is 0 Å². The molecular weight excluding hydrogens is 202 g/mol. The molecule has 1 rings (SSSR count). The molecule has 0 atom stereocenters.